The summed E-state index contributed by atoms with van der Waals surface area (Å²) in [5.41, 5.74) is 1.30. The van der Waals surface area contributed by atoms with Gasteiger partial charge < -0.3 is 10.1 Å². The van der Waals surface area contributed by atoms with Crippen molar-refractivity contribution in [1.82, 2.24) is 19.5 Å². The first-order valence-corrected chi connectivity index (χ1v) is 9.60. The van der Waals surface area contributed by atoms with Crippen LogP contribution in [-0.2, 0) is 0 Å². The Morgan fingerprint density at radius 1 is 1.03 bits per heavy atom. The molecular formula is C23H20FN5O2. The van der Waals surface area contributed by atoms with Gasteiger partial charge in [-0.2, -0.15) is 4.98 Å². The molecule has 0 aliphatic carbocycles. The summed E-state index contributed by atoms with van der Waals surface area (Å²) in [7, 11) is 0. The zero-order valence-corrected chi connectivity index (χ0v) is 17.3. The highest BCUT2D eigenvalue weighted by molar-refractivity contribution is 6.04. The number of aryl methyl sites for hydroxylation is 3. The van der Waals surface area contributed by atoms with E-state index in [-0.39, 0.29) is 11.5 Å². The minimum Gasteiger partial charge on any atom is -0.439 e. The number of amides is 1. The summed E-state index contributed by atoms with van der Waals surface area (Å²) < 4.78 is 21.4. The summed E-state index contributed by atoms with van der Waals surface area (Å²) in [6.07, 6.45) is 3.52. The van der Waals surface area contributed by atoms with E-state index in [1.54, 1.807) is 62.5 Å². The smallest absolute Gasteiger partial charge is 0.255 e. The van der Waals surface area contributed by atoms with E-state index in [9.17, 15) is 9.18 Å². The molecule has 1 amide bonds. The maximum absolute atomic E-state index is 13.7. The molecule has 7 nitrogen and oxygen atoms in total. The lowest BCUT2D eigenvalue weighted by Crippen LogP contribution is -2.12. The number of aromatic nitrogens is 4. The third kappa shape index (κ3) is 4.58. The molecule has 8 heteroatoms. The molecule has 0 unspecified atom stereocenters. The van der Waals surface area contributed by atoms with Gasteiger partial charge in [-0.05, 0) is 62.7 Å². The van der Waals surface area contributed by atoms with Crippen molar-refractivity contribution in [2.75, 3.05) is 5.32 Å². The first-order chi connectivity index (χ1) is 14.9. The van der Waals surface area contributed by atoms with Crippen molar-refractivity contribution in [3.63, 3.8) is 0 Å². The van der Waals surface area contributed by atoms with Crippen molar-refractivity contribution in [2.24, 2.45) is 0 Å². The van der Waals surface area contributed by atoms with Gasteiger partial charge in [0.15, 0.2) is 0 Å². The Morgan fingerprint density at radius 3 is 2.48 bits per heavy atom. The van der Waals surface area contributed by atoms with Gasteiger partial charge in [0.25, 0.3) is 5.91 Å². The topological polar surface area (TPSA) is 81.9 Å². The molecule has 156 valence electrons. The van der Waals surface area contributed by atoms with Gasteiger partial charge in [-0.15, -0.1) is 0 Å². The summed E-state index contributed by atoms with van der Waals surface area (Å²) in [6.45, 7) is 5.32. The van der Waals surface area contributed by atoms with Crippen molar-refractivity contribution < 1.29 is 13.9 Å². The van der Waals surface area contributed by atoms with Gasteiger partial charge in [0.1, 0.15) is 29.0 Å². The summed E-state index contributed by atoms with van der Waals surface area (Å²) in [5, 5.41) is 2.74. The van der Waals surface area contributed by atoms with Crippen LogP contribution in [0.25, 0.3) is 5.82 Å². The molecule has 0 atom stereocenters. The van der Waals surface area contributed by atoms with E-state index < -0.39 is 5.82 Å². The molecule has 2 aromatic carbocycles. The standard InChI is InChI=1S/C23H20FN5O2/c1-14-4-5-17(12-20(14)24)23(30)28-18-6-8-19(9-7-18)31-22-13-21(26-15(2)27-22)29-11-10-25-16(29)3/h4-13H,1-3H3,(H,28,30). The van der Waals surface area contributed by atoms with Crippen LogP contribution in [0.4, 0.5) is 10.1 Å². The van der Waals surface area contributed by atoms with Crippen LogP contribution in [0.5, 0.6) is 11.6 Å². The summed E-state index contributed by atoms with van der Waals surface area (Å²) in [6, 6.07) is 12.9. The first kappa shape index (κ1) is 20.2. The number of imidazole rings is 1. The molecule has 31 heavy (non-hydrogen) atoms. The number of anilines is 1. The molecule has 2 aromatic heterocycles. The Morgan fingerprint density at radius 2 is 1.81 bits per heavy atom. The molecule has 4 rings (SSSR count). The van der Waals surface area contributed by atoms with E-state index in [2.05, 4.69) is 20.3 Å². The van der Waals surface area contributed by atoms with Crippen molar-refractivity contribution in [3.8, 4) is 17.4 Å². The Kier molecular flexibility index (Phi) is 5.44. The number of carbonyl (C=O) groups excluding carboxylic acids is 1. The van der Waals surface area contributed by atoms with Crippen LogP contribution in [0.1, 0.15) is 27.6 Å². The van der Waals surface area contributed by atoms with Crippen LogP contribution < -0.4 is 10.1 Å². The minimum atomic E-state index is -0.415. The summed E-state index contributed by atoms with van der Waals surface area (Å²) >= 11 is 0. The monoisotopic (exact) mass is 417 g/mol. The molecule has 0 saturated carbocycles. The molecule has 0 aliphatic heterocycles. The molecular weight excluding hydrogens is 397 g/mol. The first-order valence-electron chi connectivity index (χ1n) is 9.60. The average Bonchev–Trinajstić information content (AvgIpc) is 3.17. The van der Waals surface area contributed by atoms with Crippen LogP contribution in [0.3, 0.4) is 0 Å². The molecule has 4 aromatic rings. The second kappa shape index (κ2) is 8.35. The maximum atomic E-state index is 13.7. The number of nitrogens with zero attached hydrogens (tertiary/aromatic N) is 4. The minimum absolute atomic E-state index is 0.252. The van der Waals surface area contributed by atoms with E-state index in [0.717, 1.165) is 5.82 Å². The number of halogens is 1. The van der Waals surface area contributed by atoms with Gasteiger partial charge in [-0.25, -0.2) is 14.4 Å². The predicted octanol–water partition coefficient (Wildman–Crippen LogP) is 4.77. The molecule has 0 radical (unpaired) electrons. The lowest BCUT2D eigenvalue weighted by Gasteiger charge is -2.10. The van der Waals surface area contributed by atoms with Gasteiger partial charge in [0, 0.05) is 29.7 Å². The highest BCUT2D eigenvalue weighted by Gasteiger charge is 2.10. The van der Waals surface area contributed by atoms with Crippen LogP contribution in [0.15, 0.2) is 60.9 Å². The van der Waals surface area contributed by atoms with Crippen LogP contribution in [0.2, 0.25) is 0 Å². The Hall–Kier alpha value is -4.07. The van der Waals surface area contributed by atoms with Gasteiger partial charge in [-0.3, -0.25) is 9.36 Å². The Balaban J connectivity index is 1.47. The van der Waals surface area contributed by atoms with Gasteiger partial charge in [0.2, 0.25) is 5.88 Å². The van der Waals surface area contributed by atoms with E-state index >= 15 is 0 Å². The van der Waals surface area contributed by atoms with Crippen molar-refractivity contribution in [2.45, 2.75) is 20.8 Å². The molecule has 0 fully saturated rings. The van der Waals surface area contributed by atoms with Crippen LogP contribution in [0, 0.1) is 26.6 Å². The molecule has 0 bridgehead atoms. The van der Waals surface area contributed by atoms with E-state index in [4.69, 9.17) is 4.74 Å². The number of hydrogen-bond acceptors (Lipinski definition) is 5. The second-order valence-corrected chi connectivity index (χ2v) is 7.00. The molecule has 0 saturated heterocycles. The average molecular weight is 417 g/mol. The normalized spacial score (nSPS) is 10.7. The van der Waals surface area contributed by atoms with Crippen LogP contribution >= 0.6 is 0 Å². The molecule has 2 heterocycles. The fourth-order valence-electron chi connectivity index (χ4n) is 2.99. The Bertz CT molecular complexity index is 1250. The SMILES string of the molecule is Cc1nc(Oc2ccc(NC(=O)c3ccc(C)c(F)c3)cc2)cc(-n2ccnc2C)n1. The highest BCUT2D eigenvalue weighted by Crippen LogP contribution is 2.24. The number of nitrogens with one attached hydrogen (secondary N) is 1. The lowest BCUT2D eigenvalue weighted by atomic mass is 10.1. The second-order valence-electron chi connectivity index (χ2n) is 7.00. The number of carbonyl (C=O) groups is 1. The lowest BCUT2D eigenvalue weighted by molar-refractivity contribution is 0.102. The number of rotatable bonds is 5. The largest absolute Gasteiger partial charge is 0.439 e. The van der Waals surface area contributed by atoms with Gasteiger partial charge >= 0.3 is 0 Å². The molecule has 0 aliphatic rings. The fourth-order valence-corrected chi connectivity index (χ4v) is 2.99. The summed E-state index contributed by atoms with van der Waals surface area (Å²) in [5.74, 6) is 2.16. The van der Waals surface area contributed by atoms with E-state index in [1.807, 2.05) is 17.7 Å². The predicted molar refractivity (Wildman–Crippen MR) is 114 cm³/mol. The van der Waals surface area contributed by atoms with E-state index in [1.165, 1.54) is 6.07 Å². The van der Waals surface area contributed by atoms with Gasteiger partial charge in [0.05, 0.1) is 0 Å². The van der Waals surface area contributed by atoms with Crippen molar-refractivity contribution in [1.29, 1.82) is 0 Å². The van der Waals surface area contributed by atoms with Crippen LogP contribution in [-0.4, -0.2) is 25.4 Å². The number of benzene rings is 2. The zero-order valence-electron chi connectivity index (χ0n) is 17.3. The number of ether oxygens (including phenoxy) is 1. The van der Waals surface area contributed by atoms with Gasteiger partial charge in [-0.1, -0.05) is 6.07 Å². The van der Waals surface area contributed by atoms with Crippen molar-refractivity contribution >= 4 is 11.6 Å². The maximum Gasteiger partial charge on any atom is 0.255 e. The summed E-state index contributed by atoms with van der Waals surface area (Å²) in [4.78, 5) is 25.3. The molecule has 0 spiro atoms. The van der Waals surface area contributed by atoms with Crippen molar-refractivity contribution in [3.05, 3.63) is 89.5 Å². The Labute approximate surface area is 178 Å². The third-order valence-corrected chi connectivity index (χ3v) is 4.64. The van der Waals surface area contributed by atoms with E-state index in [0.29, 0.717) is 34.5 Å². The fraction of sp³-hybridized carbons (Fsp3) is 0.130. The third-order valence-electron chi connectivity index (χ3n) is 4.64. The molecule has 1 N–H and O–H groups in total. The highest BCUT2D eigenvalue weighted by atomic mass is 19.1. The quantitative estimate of drug-likeness (QED) is 0.506. The number of hydrogen-bond donors (Lipinski definition) is 1. The zero-order chi connectivity index (χ0) is 22.0.